The van der Waals surface area contributed by atoms with E-state index in [1.54, 1.807) is 6.08 Å². The summed E-state index contributed by atoms with van der Waals surface area (Å²) in [5, 5.41) is 21.4. The molecule has 1 amide bonds. The number of aromatic nitrogens is 5. The van der Waals surface area contributed by atoms with Crippen LogP contribution in [0.15, 0.2) is 42.1 Å². The summed E-state index contributed by atoms with van der Waals surface area (Å²) in [5.41, 5.74) is 2.16. The minimum atomic E-state index is -0.149. The first-order valence-corrected chi connectivity index (χ1v) is 10.3. The number of amides is 1. The normalized spacial score (nSPS) is 10.7. The lowest BCUT2D eigenvalue weighted by Crippen LogP contribution is -2.14. The molecule has 7 nitrogen and oxygen atoms in total. The van der Waals surface area contributed by atoms with Gasteiger partial charge >= 0.3 is 0 Å². The van der Waals surface area contributed by atoms with Gasteiger partial charge in [-0.25, -0.2) is 0 Å². The number of thioether (sulfide) groups is 1. The van der Waals surface area contributed by atoms with Crippen LogP contribution in [0.5, 0.6) is 0 Å². The second kappa shape index (κ2) is 8.92. The fraction of sp³-hybridized carbons (Fsp3) is 0.278. The van der Waals surface area contributed by atoms with Gasteiger partial charge in [0.25, 0.3) is 0 Å². The smallest absolute Gasteiger partial charge is 0.236 e. The van der Waals surface area contributed by atoms with Crippen LogP contribution in [0.25, 0.3) is 11.4 Å². The summed E-state index contributed by atoms with van der Waals surface area (Å²) in [6.45, 7) is 8.42. The highest BCUT2D eigenvalue weighted by Gasteiger charge is 2.15. The van der Waals surface area contributed by atoms with Crippen LogP contribution >= 0.6 is 23.1 Å². The largest absolute Gasteiger partial charge is 0.300 e. The number of rotatable bonds is 8. The molecule has 0 saturated carbocycles. The van der Waals surface area contributed by atoms with E-state index >= 15 is 0 Å². The maximum atomic E-state index is 12.2. The highest BCUT2D eigenvalue weighted by molar-refractivity contribution is 7.99. The van der Waals surface area contributed by atoms with E-state index in [1.165, 1.54) is 28.7 Å². The average Bonchev–Trinajstić information content (AvgIpc) is 3.28. The van der Waals surface area contributed by atoms with Crippen molar-refractivity contribution in [3.63, 3.8) is 0 Å². The van der Waals surface area contributed by atoms with Crippen LogP contribution in [0.3, 0.4) is 0 Å². The van der Waals surface area contributed by atoms with Gasteiger partial charge in [-0.15, -0.1) is 27.0 Å². The predicted molar refractivity (Wildman–Crippen MR) is 109 cm³/mol. The van der Waals surface area contributed by atoms with E-state index in [4.69, 9.17) is 0 Å². The Labute approximate surface area is 165 Å². The Bertz CT molecular complexity index is 932. The Kier molecular flexibility index (Phi) is 6.36. The van der Waals surface area contributed by atoms with Crippen LogP contribution in [0.2, 0.25) is 0 Å². The van der Waals surface area contributed by atoms with Crippen molar-refractivity contribution in [3.8, 4) is 11.4 Å². The van der Waals surface area contributed by atoms with Crippen molar-refractivity contribution in [2.45, 2.75) is 32.0 Å². The summed E-state index contributed by atoms with van der Waals surface area (Å²) in [6.07, 6.45) is 2.59. The van der Waals surface area contributed by atoms with Crippen molar-refractivity contribution < 1.29 is 4.79 Å². The molecule has 27 heavy (non-hydrogen) atoms. The quantitative estimate of drug-likeness (QED) is 0.459. The summed E-state index contributed by atoms with van der Waals surface area (Å²) < 4.78 is 1.95. The van der Waals surface area contributed by atoms with Crippen LogP contribution in [0.4, 0.5) is 5.13 Å². The molecule has 2 heterocycles. The highest BCUT2D eigenvalue weighted by atomic mass is 32.2. The first kappa shape index (κ1) is 19.2. The molecule has 0 bridgehead atoms. The summed E-state index contributed by atoms with van der Waals surface area (Å²) in [7, 11) is 0. The molecule has 0 aliphatic rings. The highest BCUT2D eigenvalue weighted by Crippen LogP contribution is 2.25. The number of allylic oxidation sites excluding steroid dienone is 1. The van der Waals surface area contributed by atoms with Crippen molar-refractivity contribution in [1.29, 1.82) is 0 Å². The number of hydrogen-bond donors (Lipinski definition) is 1. The maximum absolute atomic E-state index is 12.2. The number of benzene rings is 1. The predicted octanol–water partition coefficient (Wildman–Crippen LogP) is 3.58. The molecule has 9 heteroatoms. The molecular weight excluding hydrogens is 380 g/mol. The van der Waals surface area contributed by atoms with Crippen molar-refractivity contribution >= 4 is 34.1 Å². The SMILES string of the molecule is C=CCn1c(SCC(=O)Nc2nnc(CC)s2)nnc1-c1ccc(C)cc1. The molecule has 140 valence electrons. The minimum absolute atomic E-state index is 0.149. The molecule has 0 atom stereocenters. The summed E-state index contributed by atoms with van der Waals surface area (Å²) in [6, 6.07) is 8.10. The lowest BCUT2D eigenvalue weighted by molar-refractivity contribution is -0.113. The third-order valence-corrected chi connectivity index (χ3v) is 5.64. The zero-order valence-corrected chi connectivity index (χ0v) is 16.8. The topological polar surface area (TPSA) is 85.6 Å². The molecule has 0 aliphatic carbocycles. The van der Waals surface area contributed by atoms with Crippen LogP contribution in [0, 0.1) is 6.92 Å². The Hall–Kier alpha value is -2.52. The molecule has 0 unspecified atom stereocenters. The van der Waals surface area contributed by atoms with Crippen LogP contribution in [-0.2, 0) is 17.8 Å². The van der Waals surface area contributed by atoms with Gasteiger partial charge in [0.2, 0.25) is 11.0 Å². The van der Waals surface area contributed by atoms with Crippen LogP contribution < -0.4 is 5.32 Å². The summed E-state index contributed by atoms with van der Waals surface area (Å²) in [5.74, 6) is 0.822. The average molecular weight is 401 g/mol. The molecule has 0 radical (unpaired) electrons. The van der Waals surface area contributed by atoms with Gasteiger partial charge < -0.3 is 0 Å². The lowest BCUT2D eigenvalue weighted by atomic mass is 10.1. The zero-order valence-electron chi connectivity index (χ0n) is 15.2. The van der Waals surface area contributed by atoms with E-state index < -0.39 is 0 Å². The van der Waals surface area contributed by atoms with Gasteiger partial charge in [-0.1, -0.05) is 65.9 Å². The molecule has 0 aliphatic heterocycles. The van der Waals surface area contributed by atoms with Crippen molar-refractivity contribution in [2.75, 3.05) is 11.1 Å². The Morgan fingerprint density at radius 3 is 2.70 bits per heavy atom. The minimum Gasteiger partial charge on any atom is -0.300 e. The first-order chi connectivity index (χ1) is 13.1. The molecule has 0 spiro atoms. The van der Waals surface area contributed by atoms with Gasteiger partial charge in [-0.3, -0.25) is 14.7 Å². The Morgan fingerprint density at radius 2 is 2.04 bits per heavy atom. The second-order valence-corrected chi connectivity index (χ2v) is 7.77. The maximum Gasteiger partial charge on any atom is 0.236 e. The van der Waals surface area contributed by atoms with Gasteiger partial charge in [-0.05, 0) is 13.3 Å². The van der Waals surface area contributed by atoms with Gasteiger partial charge in [0.1, 0.15) is 5.01 Å². The fourth-order valence-corrected chi connectivity index (χ4v) is 3.78. The van der Waals surface area contributed by atoms with E-state index in [0.29, 0.717) is 16.8 Å². The number of carbonyl (C=O) groups is 1. The van der Waals surface area contributed by atoms with E-state index in [1.807, 2.05) is 42.7 Å². The van der Waals surface area contributed by atoms with Gasteiger partial charge in [0.15, 0.2) is 11.0 Å². The van der Waals surface area contributed by atoms with Gasteiger partial charge in [0.05, 0.1) is 5.75 Å². The van der Waals surface area contributed by atoms with Gasteiger partial charge in [0, 0.05) is 12.1 Å². The monoisotopic (exact) mass is 400 g/mol. The van der Waals surface area contributed by atoms with Crippen molar-refractivity contribution in [3.05, 3.63) is 47.5 Å². The lowest BCUT2D eigenvalue weighted by Gasteiger charge is -2.08. The second-order valence-electron chi connectivity index (χ2n) is 5.76. The molecule has 3 rings (SSSR count). The number of nitrogens with zero attached hydrogens (tertiary/aromatic N) is 5. The zero-order chi connectivity index (χ0) is 19.2. The number of aryl methyl sites for hydroxylation is 2. The molecular formula is C18H20N6OS2. The third kappa shape index (κ3) is 4.81. The molecule has 1 N–H and O–H groups in total. The molecule has 2 aromatic heterocycles. The first-order valence-electron chi connectivity index (χ1n) is 8.47. The Balaban J connectivity index is 1.69. The van der Waals surface area contributed by atoms with Gasteiger partial charge in [-0.2, -0.15) is 0 Å². The number of carbonyl (C=O) groups excluding carboxylic acids is 1. The number of hydrogen-bond acceptors (Lipinski definition) is 7. The third-order valence-electron chi connectivity index (χ3n) is 3.69. The number of nitrogens with one attached hydrogen (secondary N) is 1. The summed E-state index contributed by atoms with van der Waals surface area (Å²) in [4.78, 5) is 12.2. The van der Waals surface area contributed by atoms with Crippen molar-refractivity contribution in [1.82, 2.24) is 25.0 Å². The van der Waals surface area contributed by atoms with Crippen LogP contribution in [0.1, 0.15) is 17.5 Å². The molecule has 0 fully saturated rings. The molecule has 1 aromatic carbocycles. The summed E-state index contributed by atoms with van der Waals surface area (Å²) >= 11 is 2.72. The fourth-order valence-electron chi connectivity index (χ4n) is 2.34. The molecule has 3 aromatic rings. The van der Waals surface area contributed by atoms with E-state index in [0.717, 1.165) is 22.8 Å². The van der Waals surface area contributed by atoms with Crippen LogP contribution in [-0.4, -0.2) is 36.6 Å². The van der Waals surface area contributed by atoms with E-state index in [-0.39, 0.29) is 11.7 Å². The number of anilines is 1. The molecule has 0 saturated heterocycles. The van der Waals surface area contributed by atoms with E-state index in [9.17, 15) is 4.79 Å². The van der Waals surface area contributed by atoms with Crippen molar-refractivity contribution in [2.24, 2.45) is 0 Å². The Morgan fingerprint density at radius 1 is 1.26 bits per heavy atom. The standard InChI is InChI=1S/C18H20N6OS2/c1-4-10-24-16(13-8-6-12(3)7-9-13)21-23-18(24)26-11-14(25)19-17-22-20-15(5-2)27-17/h4,6-9H,1,5,10-11H2,2-3H3,(H,19,22,25). The van der Waals surface area contributed by atoms with E-state index in [2.05, 4.69) is 32.3 Å².